The molecule has 0 aliphatic carbocycles. The predicted octanol–water partition coefficient (Wildman–Crippen LogP) is 7.49. The Kier molecular flexibility index (Phi) is 11.0. The molecular formula is C37H30N4O6S. The highest BCUT2D eigenvalue weighted by Gasteiger charge is 2.23. The van der Waals surface area contributed by atoms with Crippen molar-refractivity contribution < 1.29 is 24.0 Å². The van der Waals surface area contributed by atoms with Crippen molar-refractivity contribution in [2.75, 3.05) is 17.7 Å². The van der Waals surface area contributed by atoms with Gasteiger partial charge in [-0.25, -0.2) is 0 Å². The molecule has 3 amide bonds. The van der Waals surface area contributed by atoms with Crippen molar-refractivity contribution in [2.45, 2.75) is 10.1 Å². The summed E-state index contributed by atoms with van der Waals surface area (Å²) in [7, 11) is 1.54. The van der Waals surface area contributed by atoms with Gasteiger partial charge in [0, 0.05) is 34.0 Å². The van der Waals surface area contributed by atoms with E-state index in [4.69, 9.17) is 4.74 Å². The summed E-state index contributed by atoms with van der Waals surface area (Å²) in [6.07, 6.45) is 1.57. The van der Waals surface area contributed by atoms with Gasteiger partial charge in [-0.2, -0.15) is 0 Å². The van der Waals surface area contributed by atoms with E-state index in [-0.39, 0.29) is 17.3 Å². The zero-order valence-electron chi connectivity index (χ0n) is 25.7. The quantitative estimate of drug-likeness (QED) is 0.0546. The normalized spacial score (nSPS) is 11.6. The summed E-state index contributed by atoms with van der Waals surface area (Å²) >= 11 is 1.31. The molecule has 0 aromatic heterocycles. The van der Waals surface area contributed by atoms with Crippen molar-refractivity contribution in [1.82, 2.24) is 5.32 Å². The van der Waals surface area contributed by atoms with Crippen LogP contribution in [0.3, 0.4) is 0 Å². The van der Waals surface area contributed by atoms with Crippen LogP contribution in [0.25, 0.3) is 6.08 Å². The Hall–Kier alpha value is -6.20. The summed E-state index contributed by atoms with van der Waals surface area (Å²) in [6.45, 7) is 0. The average Bonchev–Trinajstić information content (AvgIpc) is 3.12. The fourth-order valence-corrected chi connectivity index (χ4v) is 5.59. The smallest absolute Gasteiger partial charge is 0.272 e. The molecule has 0 saturated carbocycles. The number of thioether (sulfide) groups is 1. The Morgan fingerprint density at radius 2 is 1.40 bits per heavy atom. The van der Waals surface area contributed by atoms with Crippen LogP contribution < -0.4 is 20.7 Å². The van der Waals surface area contributed by atoms with E-state index in [1.807, 2.05) is 30.3 Å². The van der Waals surface area contributed by atoms with Crippen LogP contribution in [-0.4, -0.2) is 29.8 Å². The molecule has 240 valence electrons. The van der Waals surface area contributed by atoms with E-state index in [0.717, 1.165) is 10.5 Å². The fraction of sp³-hybridized carbons (Fsp3) is 0.0541. The molecule has 0 spiro atoms. The lowest BCUT2D eigenvalue weighted by Crippen LogP contribution is -2.30. The van der Waals surface area contributed by atoms with E-state index < -0.39 is 22.0 Å². The SMILES string of the molecule is COc1cccc(/C=C(\NC(=O)c2ccccc2)C(=O)Nc2ccc(SC(C(=O)Nc3ccc([N+](=O)[O-])cc3)c3ccccc3)cc2)c1. The van der Waals surface area contributed by atoms with Crippen LogP contribution in [0.4, 0.5) is 17.1 Å². The largest absolute Gasteiger partial charge is 0.497 e. The number of carbonyl (C=O) groups excluding carboxylic acids is 3. The van der Waals surface area contributed by atoms with Crippen LogP contribution >= 0.6 is 11.8 Å². The van der Waals surface area contributed by atoms with E-state index in [1.165, 1.54) is 36.0 Å². The predicted molar refractivity (Wildman–Crippen MR) is 187 cm³/mol. The number of anilines is 2. The third kappa shape index (κ3) is 8.95. The van der Waals surface area contributed by atoms with E-state index in [9.17, 15) is 24.5 Å². The van der Waals surface area contributed by atoms with Gasteiger partial charge in [-0.1, -0.05) is 60.7 Å². The number of nitro benzene ring substituents is 1. The number of nitro groups is 1. The van der Waals surface area contributed by atoms with Crippen molar-refractivity contribution in [3.05, 3.63) is 166 Å². The number of non-ortho nitro benzene ring substituents is 1. The molecule has 0 saturated heterocycles. The Balaban J connectivity index is 1.32. The molecule has 10 nitrogen and oxygen atoms in total. The van der Waals surface area contributed by atoms with Crippen LogP contribution in [0.2, 0.25) is 0 Å². The van der Waals surface area contributed by atoms with E-state index >= 15 is 0 Å². The fourth-order valence-electron chi connectivity index (χ4n) is 4.57. The molecule has 0 bridgehead atoms. The first-order chi connectivity index (χ1) is 23.3. The van der Waals surface area contributed by atoms with Gasteiger partial charge < -0.3 is 20.7 Å². The monoisotopic (exact) mass is 658 g/mol. The minimum Gasteiger partial charge on any atom is -0.497 e. The van der Waals surface area contributed by atoms with Crippen LogP contribution in [0.5, 0.6) is 5.75 Å². The molecule has 5 aromatic carbocycles. The third-order valence-electron chi connectivity index (χ3n) is 6.99. The molecule has 5 aromatic rings. The molecule has 1 atom stereocenters. The average molecular weight is 659 g/mol. The first-order valence-electron chi connectivity index (χ1n) is 14.7. The molecule has 48 heavy (non-hydrogen) atoms. The van der Waals surface area contributed by atoms with Crippen molar-refractivity contribution in [1.29, 1.82) is 0 Å². The Labute approximate surface area is 281 Å². The highest BCUT2D eigenvalue weighted by atomic mass is 32.2. The minimum atomic E-state index is -0.646. The number of hydrogen-bond donors (Lipinski definition) is 3. The van der Waals surface area contributed by atoms with Crippen molar-refractivity contribution in [2.24, 2.45) is 0 Å². The zero-order valence-corrected chi connectivity index (χ0v) is 26.5. The summed E-state index contributed by atoms with van der Waals surface area (Å²) in [6, 6.07) is 37.5. The second-order valence-corrected chi connectivity index (χ2v) is 11.5. The lowest BCUT2D eigenvalue weighted by molar-refractivity contribution is -0.384. The molecule has 0 heterocycles. The molecule has 0 aliphatic heterocycles. The van der Waals surface area contributed by atoms with Crippen LogP contribution in [0.1, 0.15) is 26.7 Å². The maximum atomic E-state index is 13.5. The number of hydrogen-bond acceptors (Lipinski definition) is 7. The maximum Gasteiger partial charge on any atom is 0.272 e. The second-order valence-electron chi connectivity index (χ2n) is 10.3. The van der Waals surface area contributed by atoms with Crippen molar-refractivity contribution in [3.8, 4) is 5.75 Å². The van der Waals surface area contributed by atoms with Gasteiger partial charge in [0.2, 0.25) is 5.91 Å². The Morgan fingerprint density at radius 3 is 2.04 bits per heavy atom. The lowest BCUT2D eigenvalue weighted by Gasteiger charge is -2.17. The van der Waals surface area contributed by atoms with Gasteiger partial charge in [-0.05, 0) is 77.9 Å². The van der Waals surface area contributed by atoms with Crippen molar-refractivity contribution in [3.63, 3.8) is 0 Å². The summed E-state index contributed by atoms with van der Waals surface area (Å²) in [5.41, 5.74) is 2.68. The number of nitrogens with one attached hydrogen (secondary N) is 3. The van der Waals surface area contributed by atoms with E-state index in [0.29, 0.717) is 28.3 Å². The number of methoxy groups -OCH3 is 1. The van der Waals surface area contributed by atoms with Crippen molar-refractivity contribution >= 4 is 52.6 Å². The number of ether oxygens (including phenoxy) is 1. The molecule has 0 aliphatic rings. The summed E-state index contributed by atoms with van der Waals surface area (Å²) in [5, 5.41) is 18.8. The van der Waals surface area contributed by atoms with Gasteiger partial charge >= 0.3 is 0 Å². The Bertz CT molecular complexity index is 1930. The standard InChI is InChI=1S/C37H30N4O6S/c1-47-31-14-8-9-25(23-31)24-33(40-35(42)27-12-6-3-7-13-27)36(43)38-29-17-21-32(22-18-29)48-34(26-10-4-2-5-11-26)37(44)39-28-15-19-30(20-16-28)41(45)46/h2-24,34H,1H3,(H,38,43)(H,39,44)(H,40,42)/b33-24-. The molecule has 3 N–H and O–H groups in total. The lowest BCUT2D eigenvalue weighted by atomic mass is 10.1. The molecule has 11 heteroatoms. The van der Waals surface area contributed by atoms with Gasteiger partial charge in [0.15, 0.2) is 0 Å². The highest BCUT2D eigenvalue weighted by Crippen LogP contribution is 2.37. The van der Waals surface area contributed by atoms with Crippen LogP contribution in [0, 0.1) is 10.1 Å². The molecule has 1 unspecified atom stereocenters. The second kappa shape index (κ2) is 15.9. The number of nitrogens with zero attached hydrogens (tertiary/aromatic N) is 1. The minimum absolute atomic E-state index is 0.0302. The van der Waals surface area contributed by atoms with Gasteiger partial charge in [0.25, 0.3) is 17.5 Å². The van der Waals surface area contributed by atoms with E-state index in [1.54, 1.807) is 92.0 Å². The first kappa shape index (κ1) is 33.2. The van der Waals surface area contributed by atoms with E-state index in [2.05, 4.69) is 16.0 Å². The summed E-state index contributed by atoms with van der Waals surface area (Å²) in [4.78, 5) is 51.2. The van der Waals surface area contributed by atoms with Gasteiger partial charge in [0.1, 0.15) is 16.7 Å². The van der Waals surface area contributed by atoms with Gasteiger partial charge in [-0.3, -0.25) is 24.5 Å². The number of rotatable bonds is 12. The highest BCUT2D eigenvalue weighted by molar-refractivity contribution is 8.00. The third-order valence-corrected chi connectivity index (χ3v) is 8.25. The Morgan fingerprint density at radius 1 is 0.771 bits per heavy atom. The number of amides is 3. The topological polar surface area (TPSA) is 140 Å². The van der Waals surface area contributed by atoms with Crippen LogP contribution in [0.15, 0.2) is 144 Å². The zero-order chi connectivity index (χ0) is 33.9. The summed E-state index contributed by atoms with van der Waals surface area (Å²) in [5.74, 6) is -0.683. The van der Waals surface area contributed by atoms with Gasteiger partial charge in [0.05, 0.1) is 12.0 Å². The number of carbonyl (C=O) groups is 3. The summed E-state index contributed by atoms with van der Waals surface area (Å²) < 4.78 is 5.30. The molecular weight excluding hydrogens is 628 g/mol. The first-order valence-corrected chi connectivity index (χ1v) is 15.6. The molecule has 0 radical (unpaired) electrons. The van der Waals surface area contributed by atoms with Crippen LogP contribution in [-0.2, 0) is 9.59 Å². The number of benzene rings is 5. The maximum absolute atomic E-state index is 13.5. The molecule has 0 fully saturated rings. The molecule has 5 rings (SSSR count). The van der Waals surface area contributed by atoms with Gasteiger partial charge in [-0.15, -0.1) is 11.8 Å².